The quantitative estimate of drug-likeness (QED) is 0.904. The van der Waals surface area contributed by atoms with Gasteiger partial charge in [-0.05, 0) is 32.1 Å². The highest BCUT2D eigenvalue weighted by molar-refractivity contribution is 7.11. The summed E-state index contributed by atoms with van der Waals surface area (Å²) < 4.78 is 2.10. The molecule has 1 saturated heterocycles. The standard InChI is InChI=1S/C17H25N5OS/c1-3-15-16(24-13(2)20-15)9-19-17(23)22-7-4-5-14(11-22)10-21-8-6-18-12-21/h6,8,12,14H,3-5,7,9-11H2,1-2H3,(H,19,23)/t14-/m0/s1. The second-order valence-corrected chi connectivity index (χ2v) is 7.62. The molecule has 2 aromatic heterocycles. The zero-order valence-electron chi connectivity index (χ0n) is 14.4. The molecular formula is C17H25N5OS. The van der Waals surface area contributed by atoms with E-state index >= 15 is 0 Å². The summed E-state index contributed by atoms with van der Waals surface area (Å²) in [5.41, 5.74) is 1.11. The molecule has 2 amide bonds. The maximum absolute atomic E-state index is 12.5. The van der Waals surface area contributed by atoms with Gasteiger partial charge in [-0.2, -0.15) is 0 Å². The first-order valence-electron chi connectivity index (χ1n) is 8.59. The van der Waals surface area contributed by atoms with E-state index < -0.39 is 0 Å². The lowest BCUT2D eigenvalue weighted by Gasteiger charge is -2.33. The van der Waals surface area contributed by atoms with Crippen LogP contribution in [0.25, 0.3) is 0 Å². The number of imidazole rings is 1. The molecule has 0 aliphatic carbocycles. The summed E-state index contributed by atoms with van der Waals surface area (Å²) in [7, 11) is 0. The van der Waals surface area contributed by atoms with Crippen molar-refractivity contribution in [3.05, 3.63) is 34.3 Å². The summed E-state index contributed by atoms with van der Waals surface area (Å²) in [4.78, 5) is 24.2. The monoisotopic (exact) mass is 347 g/mol. The minimum Gasteiger partial charge on any atom is -0.337 e. The second-order valence-electron chi connectivity index (χ2n) is 6.33. The number of carbonyl (C=O) groups is 1. The van der Waals surface area contributed by atoms with E-state index in [-0.39, 0.29) is 6.03 Å². The van der Waals surface area contributed by atoms with Crippen LogP contribution in [0.2, 0.25) is 0 Å². The third-order valence-corrected chi connectivity index (χ3v) is 5.47. The van der Waals surface area contributed by atoms with Crippen molar-refractivity contribution < 1.29 is 4.79 Å². The first-order valence-corrected chi connectivity index (χ1v) is 9.41. The van der Waals surface area contributed by atoms with Gasteiger partial charge in [-0.3, -0.25) is 0 Å². The van der Waals surface area contributed by atoms with Crippen LogP contribution in [0.5, 0.6) is 0 Å². The van der Waals surface area contributed by atoms with Gasteiger partial charge in [0.1, 0.15) is 0 Å². The summed E-state index contributed by atoms with van der Waals surface area (Å²) in [5, 5.41) is 4.14. The molecule has 1 aliphatic heterocycles. The van der Waals surface area contributed by atoms with Gasteiger partial charge in [0.2, 0.25) is 0 Å². The molecule has 0 bridgehead atoms. The number of nitrogens with zero attached hydrogens (tertiary/aromatic N) is 4. The van der Waals surface area contributed by atoms with Crippen molar-refractivity contribution in [1.29, 1.82) is 0 Å². The Labute approximate surface area is 146 Å². The number of aryl methyl sites for hydroxylation is 2. The van der Waals surface area contributed by atoms with Crippen LogP contribution in [0.15, 0.2) is 18.7 Å². The minimum atomic E-state index is 0.0402. The highest BCUT2D eigenvalue weighted by Gasteiger charge is 2.24. The number of amides is 2. The highest BCUT2D eigenvalue weighted by atomic mass is 32.1. The molecule has 2 aromatic rings. The van der Waals surface area contributed by atoms with Crippen LogP contribution >= 0.6 is 11.3 Å². The number of hydrogen-bond acceptors (Lipinski definition) is 4. The molecule has 1 aliphatic rings. The zero-order chi connectivity index (χ0) is 16.9. The molecule has 3 rings (SSSR count). The minimum absolute atomic E-state index is 0.0402. The zero-order valence-corrected chi connectivity index (χ0v) is 15.2. The predicted molar refractivity (Wildman–Crippen MR) is 95.0 cm³/mol. The molecule has 1 N–H and O–H groups in total. The summed E-state index contributed by atoms with van der Waals surface area (Å²) in [6.07, 6.45) is 8.76. The van der Waals surface area contributed by atoms with Crippen LogP contribution in [-0.2, 0) is 19.5 Å². The van der Waals surface area contributed by atoms with E-state index in [0.717, 1.165) is 49.6 Å². The molecule has 7 heteroatoms. The number of nitrogens with one attached hydrogen (secondary N) is 1. The van der Waals surface area contributed by atoms with Crippen LogP contribution in [0.4, 0.5) is 4.79 Å². The molecule has 0 aromatic carbocycles. The normalized spacial score (nSPS) is 17.9. The van der Waals surface area contributed by atoms with Crippen molar-refractivity contribution in [1.82, 2.24) is 24.8 Å². The lowest BCUT2D eigenvalue weighted by atomic mass is 9.98. The lowest BCUT2D eigenvalue weighted by Crippen LogP contribution is -2.46. The van der Waals surface area contributed by atoms with E-state index in [4.69, 9.17) is 0 Å². The Kier molecular flexibility index (Phi) is 5.50. The van der Waals surface area contributed by atoms with Gasteiger partial charge in [0.15, 0.2) is 0 Å². The fraction of sp³-hybridized carbons (Fsp3) is 0.588. The van der Waals surface area contributed by atoms with Crippen molar-refractivity contribution in [3.63, 3.8) is 0 Å². The first-order chi connectivity index (χ1) is 11.7. The predicted octanol–water partition coefficient (Wildman–Crippen LogP) is 2.83. The molecular weight excluding hydrogens is 322 g/mol. The van der Waals surface area contributed by atoms with Gasteiger partial charge in [-0.1, -0.05) is 6.92 Å². The Bertz CT molecular complexity index is 667. The van der Waals surface area contributed by atoms with Crippen LogP contribution < -0.4 is 5.32 Å². The third kappa shape index (κ3) is 4.14. The molecule has 0 radical (unpaired) electrons. The average molecular weight is 347 g/mol. The number of likely N-dealkylation sites (tertiary alicyclic amines) is 1. The molecule has 1 atom stereocenters. The van der Waals surface area contributed by atoms with Crippen LogP contribution in [0, 0.1) is 12.8 Å². The molecule has 0 saturated carbocycles. The lowest BCUT2D eigenvalue weighted by molar-refractivity contribution is 0.159. The Balaban J connectivity index is 1.52. The SMILES string of the molecule is CCc1nc(C)sc1CNC(=O)N1CCC[C@@H](Cn2ccnc2)C1. The topological polar surface area (TPSA) is 63.1 Å². The summed E-state index contributed by atoms with van der Waals surface area (Å²) in [6, 6.07) is 0.0402. The van der Waals surface area contributed by atoms with Gasteiger partial charge < -0.3 is 14.8 Å². The number of piperidine rings is 1. The number of rotatable bonds is 5. The fourth-order valence-electron chi connectivity index (χ4n) is 3.29. The second kappa shape index (κ2) is 7.79. The van der Waals surface area contributed by atoms with Crippen molar-refractivity contribution in [3.8, 4) is 0 Å². The molecule has 0 unspecified atom stereocenters. The molecule has 24 heavy (non-hydrogen) atoms. The van der Waals surface area contributed by atoms with Crippen molar-refractivity contribution >= 4 is 17.4 Å². The van der Waals surface area contributed by atoms with Gasteiger partial charge in [-0.25, -0.2) is 14.8 Å². The van der Waals surface area contributed by atoms with Gasteiger partial charge in [0, 0.05) is 36.9 Å². The maximum atomic E-state index is 12.5. The van der Waals surface area contributed by atoms with Gasteiger partial charge in [-0.15, -0.1) is 11.3 Å². The maximum Gasteiger partial charge on any atom is 0.317 e. The average Bonchev–Trinajstić information content (AvgIpc) is 3.22. The molecule has 0 spiro atoms. The number of carbonyl (C=O) groups excluding carboxylic acids is 1. The van der Waals surface area contributed by atoms with E-state index in [2.05, 4.69) is 26.8 Å². The smallest absolute Gasteiger partial charge is 0.317 e. The number of thiazole rings is 1. The summed E-state index contributed by atoms with van der Waals surface area (Å²) >= 11 is 1.68. The van der Waals surface area contributed by atoms with Gasteiger partial charge in [0.25, 0.3) is 0 Å². The first kappa shape index (κ1) is 17.0. The van der Waals surface area contributed by atoms with E-state index in [1.165, 1.54) is 4.88 Å². The largest absolute Gasteiger partial charge is 0.337 e. The highest BCUT2D eigenvalue weighted by Crippen LogP contribution is 2.20. The Morgan fingerprint density at radius 1 is 1.50 bits per heavy atom. The van der Waals surface area contributed by atoms with Gasteiger partial charge >= 0.3 is 6.03 Å². The van der Waals surface area contributed by atoms with E-state index in [9.17, 15) is 4.79 Å². The Morgan fingerprint density at radius 2 is 2.38 bits per heavy atom. The van der Waals surface area contributed by atoms with Crippen molar-refractivity contribution in [2.24, 2.45) is 5.92 Å². The third-order valence-electron chi connectivity index (χ3n) is 4.45. The molecule has 1 fully saturated rings. The van der Waals surface area contributed by atoms with E-state index in [1.807, 2.05) is 24.3 Å². The summed E-state index contributed by atoms with van der Waals surface area (Å²) in [5.74, 6) is 0.496. The molecule has 3 heterocycles. The number of hydrogen-bond donors (Lipinski definition) is 1. The Hall–Kier alpha value is -1.89. The van der Waals surface area contributed by atoms with Crippen molar-refractivity contribution in [2.75, 3.05) is 13.1 Å². The van der Waals surface area contributed by atoms with Crippen molar-refractivity contribution in [2.45, 2.75) is 46.2 Å². The van der Waals surface area contributed by atoms with E-state index in [1.54, 1.807) is 17.5 Å². The molecule has 130 valence electrons. The Morgan fingerprint density at radius 3 is 3.12 bits per heavy atom. The summed E-state index contributed by atoms with van der Waals surface area (Å²) in [6.45, 7) is 7.28. The van der Waals surface area contributed by atoms with Crippen LogP contribution in [0.3, 0.4) is 0 Å². The van der Waals surface area contributed by atoms with E-state index in [0.29, 0.717) is 12.5 Å². The number of aromatic nitrogens is 3. The fourth-order valence-corrected chi connectivity index (χ4v) is 4.25. The van der Waals surface area contributed by atoms with Gasteiger partial charge in [0.05, 0.1) is 23.6 Å². The number of urea groups is 1. The van der Waals surface area contributed by atoms with Crippen LogP contribution in [-0.4, -0.2) is 38.6 Å². The molecule has 6 nitrogen and oxygen atoms in total. The van der Waals surface area contributed by atoms with Crippen LogP contribution in [0.1, 0.15) is 35.3 Å².